The first-order valence-electron chi connectivity index (χ1n) is 8.32. The minimum Gasteiger partial charge on any atom is -0.492 e. The fraction of sp³-hybridized carbons (Fsp3) is 0.400. The van der Waals surface area contributed by atoms with E-state index in [9.17, 15) is 4.79 Å². The Hall–Kier alpha value is -1.91. The number of fused-ring (bicyclic) bond motifs is 1. The molecule has 2 heterocycles. The van der Waals surface area contributed by atoms with Gasteiger partial charge in [0.15, 0.2) is 5.78 Å². The second-order valence-corrected chi connectivity index (χ2v) is 6.29. The van der Waals surface area contributed by atoms with Crippen molar-refractivity contribution in [2.24, 2.45) is 0 Å². The summed E-state index contributed by atoms with van der Waals surface area (Å²) in [7, 11) is 0. The Morgan fingerprint density at radius 2 is 2.08 bits per heavy atom. The first-order valence-corrected chi connectivity index (χ1v) is 8.70. The van der Waals surface area contributed by atoms with E-state index in [-0.39, 0.29) is 13.2 Å². The quantitative estimate of drug-likeness (QED) is 0.622. The number of hydrogen-bond acceptors (Lipinski definition) is 4. The fourth-order valence-electron chi connectivity index (χ4n) is 2.94. The molecule has 1 N–H and O–H groups in total. The molecular formula is C20H25ClN2O2. The van der Waals surface area contributed by atoms with Gasteiger partial charge in [-0.25, -0.2) is 0 Å². The van der Waals surface area contributed by atoms with Gasteiger partial charge in [-0.05, 0) is 56.1 Å². The Balaban J connectivity index is 0.00000225. The van der Waals surface area contributed by atoms with Gasteiger partial charge in [0.25, 0.3) is 0 Å². The summed E-state index contributed by atoms with van der Waals surface area (Å²) >= 11 is 6.33. The van der Waals surface area contributed by atoms with E-state index >= 15 is 0 Å². The highest BCUT2D eigenvalue weighted by Crippen LogP contribution is 2.33. The Bertz CT molecular complexity index is 704. The minimum absolute atomic E-state index is 0. The Morgan fingerprint density at radius 3 is 2.88 bits per heavy atom. The van der Waals surface area contributed by atoms with E-state index in [0.29, 0.717) is 30.0 Å². The van der Waals surface area contributed by atoms with Crippen LogP contribution in [0.2, 0.25) is 5.02 Å². The number of carbonyl (C=O) groups excluding carboxylic acids is 1. The van der Waals surface area contributed by atoms with E-state index in [0.717, 1.165) is 31.7 Å². The monoisotopic (exact) mass is 360 g/mol. The SMILES string of the molecule is C.O=C(CCCOc1c(Cl)ccc2c1CCNCC2)c1cccnc1. The molecule has 0 bridgehead atoms. The number of aromatic nitrogens is 1. The summed E-state index contributed by atoms with van der Waals surface area (Å²) in [6, 6.07) is 7.55. The van der Waals surface area contributed by atoms with Crippen molar-refractivity contribution in [2.75, 3.05) is 19.7 Å². The van der Waals surface area contributed by atoms with Crippen molar-refractivity contribution in [3.63, 3.8) is 0 Å². The van der Waals surface area contributed by atoms with E-state index < -0.39 is 0 Å². The predicted molar refractivity (Wildman–Crippen MR) is 102 cm³/mol. The van der Waals surface area contributed by atoms with E-state index in [4.69, 9.17) is 16.3 Å². The minimum atomic E-state index is 0. The number of halogens is 1. The number of ketones is 1. The second kappa shape index (κ2) is 9.54. The molecule has 134 valence electrons. The fourth-order valence-corrected chi connectivity index (χ4v) is 3.18. The van der Waals surface area contributed by atoms with Gasteiger partial charge in [0.1, 0.15) is 5.75 Å². The molecule has 0 fully saturated rings. The molecule has 0 saturated heterocycles. The second-order valence-electron chi connectivity index (χ2n) is 5.88. The molecule has 0 radical (unpaired) electrons. The van der Waals surface area contributed by atoms with Crippen LogP contribution in [0.4, 0.5) is 0 Å². The molecular weight excluding hydrogens is 336 g/mol. The maximum atomic E-state index is 12.1. The average molecular weight is 361 g/mol. The third-order valence-electron chi connectivity index (χ3n) is 4.21. The number of nitrogens with one attached hydrogen (secondary N) is 1. The van der Waals surface area contributed by atoms with Gasteiger partial charge in [-0.15, -0.1) is 0 Å². The zero-order valence-corrected chi connectivity index (χ0v) is 14.3. The van der Waals surface area contributed by atoms with Crippen LogP contribution in [0.3, 0.4) is 0 Å². The van der Waals surface area contributed by atoms with Crippen molar-refractivity contribution in [1.82, 2.24) is 10.3 Å². The summed E-state index contributed by atoms with van der Waals surface area (Å²) in [4.78, 5) is 16.0. The van der Waals surface area contributed by atoms with Crippen LogP contribution in [0.5, 0.6) is 5.75 Å². The number of rotatable bonds is 6. The molecule has 0 saturated carbocycles. The molecule has 3 rings (SSSR count). The molecule has 0 aliphatic carbocycles. The molecule has 0 spiro atoms. The zero-order chi connectivity index (χ0) is 16.8. The summed E-state index contributed by atoms with van der Waals surface area (Å²) in [5, 5.41) is 4.04. The van der Waals surface area contributed by atoms with Crippen LogP contribution >= 0.6 is 11.6 Å². The average Bonchev–Trinajstić information content (AvgIpc) is 2.86. The number of nitrogens with zero attached hydrogens (tertiary/aromatic N) is 1. The van der Waals surface area contributed by atoms with Gasteiger partial charge < -0.3 is 10.1 Å². The van der Waals surface area contributed by atoms with E-state index in [1.807, 2.05) is 6.07 Å². The van der Waals surface area contributed by atoms with E-state index in [2.05, 4.69) is 16.4 Å². The van der Waals surface area contributed by atoms with Gasteiger partial charge >= 0.3 is 0 Å². The Kier molecular flexibility index (Phi) is 7.41. The van der Waals surface area contributed by atoms with Crippen molar-refractivity contribution in [3.8, 4) is 5.75 Å². The number of ether oxygens (including phenoxy) is 1. The van der Waals surface area contributed by atoms with Crippen LogP contribution in [-0.4, -0.2) is 30.5 Å². The summed E-state index contributed by atoms with van der Waals surface area (Å²) in [6.07, 6.45) is 6.27. The van der Waals surface area contributed by atoms with Crippen LogP contribution in [0, 0.1) is 0 Å². The van der Waals surface area contributed by atoms with Gasteiger partial charge in [-0.1, -0.05) is 25.1 Å². The summed E-state index contributed by atoms with van der Waals surface area (Å²) in [5.74, 6) is 0.876. The third kappa shape index (κ3) is 5.03. The van der Waals surface area contributed by atoms with Gasteiger partial charge in [-0.3, -0.25) is 9.78 Å². The summed E-state index contributed by atoms with van der Waals surface area (Å²) < 4.78 is 5.95. The van der Waals surface area contributed by atoms with Gasteiger partial charge in [-0.2, -0.15) is 0 Å². The molecule has 5 heteroatoms. The molecule has 1 aromatic carbocycles. The maximum Gasteiger partial charge on any atom is 0.164 e. The highest BCUT2D eigenvalue weighted by atomic mass is 35.5. The van der Waals surface area contributed by atoms with E-state index in [1.165, 1.54) is 11.1 Å². The highest BCUT2D eigenvalue weighted by Gasteiger charge is 2.16. The lowest BCUT2D eigenvalue weighted by molar-refractivity contribution is 0.0973. The normalized spacial score (nSPS) is 13.3. The largest absolute Gasteiger partial charge is 0.492 e. The van der Waals surface area contributed by atoms with Crippen molar-refractivity contribution in [1.29, 1.82) is 0 Å². The molecule has 1 aliphatic rings. The molecule has 4 nitrogen and oxygen atoms in total. The van der Waals surface area contributed by atoms with Crippen LogP contribution < -0.4 is 10.1 Å². The molecule has 0 atom stereocenters. The number of Topliss-reactive ketones (excluding diaryl/α,β-unsaturated/α-hetero) is 1. The summed E-state index contributed by atoms with van der Waals surface area (Å²) in [5.41, 5.74) is 3.15. The van der Waals surface area contributed by atoms with Crippen molar-refractivity contribution >= 4 is 17.4 Å². The molecule has 0 unspecified atom stereocenters. The molecule has 1 aromatic heterocycles. The van der Waals surface area contributed by atoms with Gasteiger partial charge in [0.2, 0.25) is 0 Å². The van der Waals surface area contributed by atoms with Crippen LogP contribution in [-0.2, 0) is 12.8 Å². The third-order valence-corrected chi connectivity index (χ3v) is 4.51. The molecule has 25 heavy (non-hydrogen) atoms. The lowest BCUT2D eigenvalue weighted by Crippen LogP contribution is -2.16. The van der Waals surface area contributed by atoms with E-state index in [1.54, 1.807) is 24.5 Å². The highest BCUT2D eigenvalue weighted by molar-refractivity contribution is 6.32. The van der Waals surface area contributed by atoms with Crippen molar-refractivity contribution < 1.29 is 9.53 Å². The summed E-state index contributed by atoms with van der Waals surface area (Å²) in [6.45, 7) is 2.40. The van der Waals surface area contributed by atoms with Gasteiger partial charge in [0.05, 0.1) is 11.6 Å². The Labute approximate surface area is 154 Å². The van der Waals surface area contributed by atoms with Crippen molar-refractivity contribution in [3.05, 3.63) is 58.4 Å². The first kappa shape index (κ1) is 19.4. The van der Waals surface area contributed by atoms with Crippen molar-refractivity contribution in [2.45, 2.75) is 33.1 Å². The number of hydrogen-bond donors (Lipinski definition) is 1. The predicted octanol–water partition coefficient (Wildman–Crippen LogP) is 4.10. The van der Waals surface area contributed by atoms with Crippen LogP contribution in [0.1, 0.15) is 41.8 Å². The Morgan fingerprint density at radius 1 is 1.24 bits per heavy atom. The first-order chi connectivity index (χ1) is 11.8. The zero-order valence-electron chi connectivity index (χ0n) is 13.6. The standard InChI is InChI=1S/C19H21ClN2O2.CH4/c20-17-6-5-14-7-10-21-11-8-16(14)19(17)24-12-2-4-18(23)15-3-1-9-22-13-15;/h1,3,5-6,9,13,21H,2,4,7-8,10-12H2;1H4. The lowest BCUT2D eigenvalue weighted by Gasteiger charge is -2.15. The maximum absolute atomic E-state index is 12.1. The van der Waals surface area contributed by atoms with Crippen LogP contribution in [0.25, 0.3) is 0 Å². The molecule has 1 aliphatic heterocycles. The van der Waals surface area contributed by atoms with Crippen LogP contribution in [0.15, 0.2) is 36.7 Å². The number of carbonyl (C=O) groups is 1. The number of benzene rings is 1. The molecule has 2 aromatic rings. The van der Waals surface area contributed by atoms with Gasteiger partial charge in [0, 0.05) is 29.9 Å². The number of pyridine rings is 1. The topological polar surface area (TPSA) is 51.2 Å². The lowest BCUT2D eigenvalue weighted by atomic mass is 10.0. The molecule has 0 amide bonds. The smallest absolute Gasteiger partial charge is 0.164 e.